The number of nitrogens with zero attached hydrogens (tertiary/aromatic N) is 4. The van der Waals surface area contributed by atoms with E-state index in [9.17, 15) is 14.9 Å². The largest absolute Gasteiger partial charge is 0.444 e. The minimum Gasteiger partial charge on any atom is -0.444 e. The number of nitrogens with one attached hydrogen (secondary N) is 1. The van der Waals surface area contributed by atoms with Crippen LogP contribution in [0.2, 0.25) is 0 Å². The highest BCUT2D eigenvalue weighted by atomic mass is 32.1. The molecule has 0 radical (unpaired) electrons. The van der Waals surface area contributed by atoms with Crippen molar-refractivity contribution in [2.24, 2.45) is 5.92 Å². The van der Waals surface area contributed by atoms with Crippen LogP contribution in [-0.2, 0) is 4.74 Å². The number of aromatic nitrogens is 3. The number of fused-ring (bicyclic) bond motifs is 1. The molecule has 2 rings (SSSR count). The average Bonchev–Trinajstić information content (AvgIpc) is 2.92. The molecule has 1 aromatic carbocycles. The summed E-state index contributed by atoms with van der Waals surface area (Å²) in [5.41, 5.74) is 0.136. The number of nitro benzene ring substituents is 1. The van der Waals surface area contributed by atoms with E-state index in [1.165, 1.54) is 22.9 Å². The number of carbonyl (C=O) groups is 1. The molecule has 0 aliphatic carbocycles. The number of rotatable bonds is 4. The van der Waals surface area contributed by atoms with Crippen LogP contribution in [0, 0.1) is 16.0 Å². The molecule has 9 nitrogen and oxygen atoms in total. The van der Waals surface area contributed by atoms with Gasteiger partial charge in [-0.05, 0) is 32.8 Å². The first-order valence-electron chi connectivity index (χ1n) is 8.03. The van der Waals surface area contributed by atoms with Crippen LogP contribution in [0.25, 0.3) is 11.0 Å². The van der Waals surface area contributed by atoms with Gasteiger partial charge in [-0.15, -0.1) is 5.10 Å². The molecule has 0 spiro atoms. The van der Waals surface area contributed by atoms with Crippen molar-refractivity contribution in [3.8, 4) is 0 Å². The second-order valence-corrected chi connectivity index (χ2v) is 7.56. The summed E-state index contributed by atoms with van der Waals surface area (Å²) in [6.07, 6.45) is -0.603. The van der Waals surface area contributed by atoms with Crippen molar-refractivity contribution in [2.75, 3.05) is 0 Å². The predicted octanol–water partition coefficient (Wildman–Crippen LogP) is 3.06. The fourth-order valence-electron chi connectivity index (χ4n) is 2.26. The Morgan fingerprint density at radius 3 is 2.58 bits per heavy atom. The van der Waals surface area contributed by atoms with Crippen LogP contribution in [0.1, 0.15) is 34.6 Å². The molecule has 26 heavy (non-hydrogen) atoms. The van der Waals surface area contributed by atoms with Crippen LogP contribution in [0.4, 0.5) is 10.5 Å². The summed E-state index contributed by atoms with van der Waals surface area (Å²) < 4.78 is 6.61. The molecule has 2 aromatic rings. The Balaban J connectivity index is 2.34. The van der Waals surface area contributed by atoms with E-state index >= 15 is 0 Å². The Bertz CT molecular complexity index is 856. The smallest absolute Gasteiger partial charge is 0.408 e. The van der Waals surface area contributed by atoms with Crippen LogP contribution >= 0.6 is 12.2 Å². The number of hydrogen-bond acceptors (Lipinski definition) is 7. The predicted molar refractivity (Wildman–Crippen MR) is 100 cm³/mol. The molecular weight excluding hydrogens is 358 g/mol. The van der Waals surface area contributed by atoms with Gasteiger partial charge in [0.15, 0.2) is 0 Å². The molecule has 0 fully saturated rings. The zero-order valence-corrected chi connectivity index (χ0v) is 16.0. The second-order valence-electron chi connectivity index (χ2n) is 7.14. The Labute approximate surface area is 155 Å². The van der Waals surface area contributed by atoms with Crippen LogP contribution in [0.3, 0.4) is 0 Å². The van der Waals surface area contributed by atoms with Gasteiger partial charge in [-0.2, -0.15) is 0 Å². The van der Waals surface area contributed by atoms with Gasteiger partial charge in [-0.25, -0.2) is 9.48 Å². The van der Waals surface area contributed by atoms with Crippen LogP contribution in [0.5, 0.6) is 0 Å². The first-order valence-corrected chi connectivity index (χ1v) is 8.44. The summed E-state index contributed by atoms with van der Waals surface area (Å²) in [6, 6.07) is 3.64. The Morgan fingerprint density at radius 1 is 1.38 bits per heavy atom. The van der Waals surface area contributed by atoms with Crippen molar-refractivity contribution < 1.29 is 14.5 Å². The third-order valence-electron chi connectivity index (χ3n) is 3.45. The van der Waals surface area contributed by atoms with Gasteiger partial charge in [-0.1, -0.05) is 31.3 Å². The molecule has 0 aliphatic heterocycles. The van der Waals surface area contributed by atoms with Gasteiger partial charge in [0.05, 0.1) is 11.0 Å². The van der Waals surface area contributed by atoms with Gasteiger partial charge in [-0.3, -0.25) is 10.1 Å². The fourth-order valence-corrected chi connectivity index (χ4v) is 2.73. The summed E-state index contributed by atoms with van der Waals surface area (Å²) >= 11 is 5.49. The zero-order chi connectivity index (χ0) is 19.6. The monoisotopic (exact) mass is 379 g/mol. The fraction of sp³-hybridized carbons (Fsp3) is 0.500. The molecule has 0 aliphatic rings. The lowest BCUT2D eigenvalue weighted by Crippen LogP contribution is -2.48. The topological polar surface area (TPSA) is 112 Å². The van der Waals surface area contributed by atoms with Crippen molar-refractivity contribution in [3.05, 3.63) is 28.3 Å². The summed E-state index contributed by atoms with van der Waals surface area (Å²) in [4.78, 5) is 22.9. The van der Waals surface area contributed by atoms with E-state index < -0.39 is 22.7 Å². The maximum absolute atomic E-state index is 12.1. The van der Waals surface area contributed by atoms with E-state index in [0.29, 0.717) is 11.0 Å². The van der Waals surface area contributed by atoms with Crippen molar-refractivity contribution >= 4 is 40.0 Å². The molecule has 140 valence electrons. The minimum atomic E-state index is -0.645. The van der Waals surface area contributed by atoms with Crippen LogP contribution < -0.4 is 5.32 Å². The lowest BCUT2D eigenvalue weighted by atomic mass is 10.0. The van der Waals surface area contributed by atoms with E-state index in [1.807, 2.05) is 13.8 Å². The number of alkyl carbamates (subject to hydrolysis) is 1. The van der Waals surface area contributed by atoms with E-state index in [0.717, 1.165) is 0 Å². The number of amides is 1. The van der Waals surface area contributed by atoms with E-state index in [1.54, 1.807) is 20.8 Å². The number of thiocarbonyl (C=S) groups is 1. The number of hydrogen-bond donors (Lipinski definition) is 1. The molecule has 10 heteroatoms. The zero-order valence-electron chi connectivity index (χ0n) is 15.2. The normalized spacial score (nSPS) is 12.8. The Kier molecular flexibility index (Phi) is 5.55. The summed E-state index contributed by atoms with van der Waals surface area (Å²) in [5, 5.41) is 21.7. The molecule has 1 amide bonds. The molecule has 1 aromatic heterocycles. The quantitative estimate of drug-likeness (QED) is 0.493. The van der Waals surface area contributed by atoms with Crippen LogP contribution in [0.15, 0.2) is 18.2 Å². The number of carbonyl (C=O) groups excluding carboxylic acids is 1. The second kappa shape index (κ2) is 7.32. The highest BCUT2D eigenvalue weighted by Gasteiger charge is 2.27. The molecule has 0 unspecified atom stereocenters. The van der Waals surface area contributed by atoms with Crippen molar-refractivity contribution in [1.29, 1.82) is 0 Å². The molecule has 0 bridgehead atoms. The molecular formula is C16H21N5O4S. The summed E-state index contributed by atoms with van der Waals surface area (Å²) in [5.74, 6) is -0.0621. The summed E-state index contributed by atoms with van der Waals surface area (Å²) in [6.45, 7) is 9.06. The molecule has 0 saturated heterocycles. The first kappa shape index (κ1) is 19.7. The van der Waals surface area contributed by atoms with Gasteiger partial charge in [0.25, 0.3) is 5.69 Å². The van der Waals surface area contributed by atoms with E-state index in [-0.39, 0.29) is 16.6 Å². The van der Waals surface area contributed by atoms with E-state index in [2.05, 4.69) is 15.6 Å². The van der Waals surface area contributed by atoms with Gasteiger partial charge < -0.3 is 10.1 Å². The van der Waals surface area contributed by atoms with Crippen molar-refractivity contribution in [1.82, 2.24) is 20.3 Å². The lowest BCUT2D eigenvalue weighted by Gasteiger charge is -2.26. The summed E-state index contributed by atoms with van der Waals surface area (Å²) in [7, 11) is 0. The third kappa shape index (κ3) is 4.51. The maximum Gasteiger partial charge on any atom is 0.408 e. The van der Waals surface area contributed by atoms with Gasteiger partial charge >= 0.3 is 6.09 Å². The van der Waals surface area contributed by atoms with E-state index in [4.69, 9.17) is 17.0 Å². The molecule has 0 saturated carbocycles. The standard InChI is InChI=1S/C16H21N5O4S/c1-9(2)13(17-15(22)25-16(3,4)5)14(26)20-12-8-10(21(23)24)6-7-11(12)18-19-20/h6-9,13H,1-5H3,(H,17,22)/t13-/m0/s1. The highest BCUT2D eigenvalue weighted by Crippen LogP contribution is 2.20. The average molecular weight is 379 g/mol. The van der Waals surface area contributed by atoms with Crippen molar-refractivity contribution in [3.63, 3.8) is 0 Å². The van der Waals surface area contributed by atoms with Gasteiger partial charge in [0.2, 0.25) is 0 Å². The molecule has 1 heterocycles. The highest BCUT2D eigenvalue weighted by molar-refractivity contribution is 7.80. The lowest BCUT2D eigenvalue weighted by molar-refractivity contribution is -0.384. The van der Waals surface area contributed by atoms with Gasteiger partial charge in [0.1, 0.15) is 21.6 Å². The SMILES string of the molecule is CC(C)[C@H](NC(=O)OC(C)(C)C)C(=S)n1nnc2ccc([N+](=O)[O-])cc21. The number of ether oxygens (including phenoxy) is 1. The van der Waals surface area contributed by atoms with Crippen molar-refractivity contribution in [2.45, 2.75) is 46.3 Å². The van der Waals surface area contributed by atoms with Crippen LogP contribution in [-0.4, -0.2) is 42.6 Å². The number of nitro groups is 1. The molecule has 1 N–H and O–H groups in total. The molecule has 1 atom stereocenters. The maximum atomic E-state index is 12.1. The Morgan fingerprint density at radius 2 is 2.04 bits per heavy atom. The number of benzene rings is 1. The Hall–Kier alpha value is -2.62. The first-order chi connectivity index (χ1) is 12.0. The van der Waals surface area contributed by atoms with Gasteiger partial charge in [0, 0.05) is 12.1 Å². The number of non-ortho nitro benzene ring substituents is 1. The minimum absolute atomic E-state index is 0.0621. The third-order valence-corrected chi connectivity index (χ3v) is 3.88.